The molecule has 0 radical (unpaired) electrons. The van der Waals surface area contributed by atoms with Crippen LogP contribution in [0.2, 0.25) is 0 Å². The van der Waals surface area contributed by atoms with Gasteiger partial charge in [0.15, 0.2) is 5.78 Å². The van der Waals surface area contributed by atoms with Gasteiger partial charge in [-0.2, -0.15) is 0 Å². The summed E-state index contributed by atoms with van der Waals surface area (Å²) in [6.45, 7) is 4.09. The van der Waals surface area contributed by atoms with Gasteiger partial charge in [-0.1, -0.05) is 0 Å². The van der Waals surface area contributed by atoms with Crippen LogP contribution in [0.3, 0.4) is 0 Å². The topological polar surface area (TPSA) is 26.3 Å². The molecule has 4 fully saturated rings. The molecule has 2 nitrogen and oxygen atoms in total. The summed E-state index contributed by atoms with van der Waals surface area (Å²) in [6, 6.07) is 4.00. The zero-order chi connectivity index (χ0) is 16.2. The van der Waals surface area contributed by atoms with E-state index in [-0.39, 0.29) is 0 Å². The summed E-state index contributed by atoms with van der Waals surface area (Å²) in [6.07, 6.45) is 9.00. The van der Waals surface area contributed by atoms with Gasteiger partial charge >= 0.3 is 0 Å². The summed E-state index contributed by atoms with van der Waals surface area (Å²) in [5.41, 5.74) is 3.40. The first-order valence-electron chi connectivity index (χ1n) is 9.16. The Morgan fingerprint density at radius 1 is 1.04 bits per heavy atom. The normalized spacial score (nSPS) is 34.7. The van der Waals surface area contributed by atoms with Crippen molar-refractivity contribution < 1.29 is 9.53 Å². The highest BCUT2D eigenvalue weighted by molar-refractivity contribution is 5.99. The third-order valence-electron chi connectivity index (χ3n) is 6.72. The van der Waals surface area contributed by atoms with Crippen LogP contribution in [0, 0.1) is 37.0 Å². The molecule has 4 saturated carbocycles. The predicted molar refractivity (Wildman–Crippen MR) is 92.0 cm³/mol. The molecule has 0 aromatic heterocycles. The van der Waals surface area contributed by atoms with Gasteiger partial charge in [0.05, 0.1) is 7.11 Å². The van der Waals surface area contributed by atoms with Gasteiger partial charge in [0, 0.05) is 12.0 Å². The molecule has 0 amide bonds. The minimum atomic E-state index is 0.324. The third-order valence-corrected chi connectivity index (χ3v) is 6.72. The number of carbonyl (C=O) groups excluding carboxylic acids is 1. The quantitative estimate of drug-likeness (QED) is 0.723. The van der Waals surface area contributed by atoms with Gasteiger partial charge < -0.3 is 4.74 Å². The highest BCUT2D eigenvalue weighted by atomic mass is 16.5. The molecule has 2 heteroatoms. The smallest absolute Gasteiger partial charge is 0.163 e. The molecule has 0 heterocycles. The summed E-state index contributed by atoms with van der Waals surface area (Å²) in [5, 5.41) is 0. The minimum absolute atomic E-state index is 0.324. The van der Waals surface area contributed by atoms with Gasteiger partial charge in [0.1, 0.15) is 5.75 Å². The lowest BCUT2D eigenvalue weighted by molar-refractivity contribution is -0.0524. The third kappa shape index (κ3) is 2.60. The molecule has 1 aromatic rings. The summed E-state index contributed by atoms with van der Waals surface area (Å²) >= 11 is 0. The van der Waals surface area contributed by atoms with Crippen molar-refractivity contribution in [1.82, 2.24) is 0 Å². The van der Waals surface area contributed by atoms with Crippen molar-refractivity contribution in [1.29, 1.82) is 0 Å². The monoisotopic (exact) mass is 312 g/mol. The average Bonchev–Trinajstić information content (AvgIpc) is 2.44. The van der Waals surface area contributed by atoms with Crippen molar-refractivity contribution in [3.63, 3.8) is 0 Å². The molecule has 0 unspecified atom stereocenters. The summed E-state index contributed by atoms with van der Waals surface area (Å²) in [7, 11) is 1.69. The number of hydrogen-bond donors (Lipinski definition) is 0. The number of rotatable bonds is 4. The molecule has 1 aromatic carbocycles. The van der Waals surface area contributed by atoms with Crippen molar-refractivity contribution in [3.8, 4) is 5.75 Å². The predicted octanol–water partition coefficient (Wildman–Crippen LogP) is 5.10. The van der Waals surface area contributed by atoms with Crippen LogP contribution in [0.1, 0.15) is 66.4 Å². The van der Waals surface area contributed by atoms with Crippen LogP contribution in [0.5, 0.6) is 5.75 Å². The lowest BCUT2D eigenvalue weighted by atomic mass is 9.48. The van der Waals surface area contributed by atoms with E-state index in [1.54, 1.807) is 7.11 Å². The Balaban J connectivity index is 1.59. The first-order chi connectivity index (χ1) is 11.0. The SMILES string of the molecule is COc1cc(C)c(C(=O)CC23CC4CC(CC(C4)C2)C3)c(C)c1. The number of carbonyl (C=O) groups is 1. The zero-order valence-corrected chi connectivity index (χ0v) is 14.7. The van der Waals surface area contributed by atoms with Crippen LogP contribution in [0.25, 0.3) is 0 Å². The van der Waals surface area contributed by atoms with E-state index in [0.717, 1.165) is 46.6 Å². The number of benzene rings is 1. The van der Waals surface area contributed by atoms with Crippen molar-refractivity contribution in [2.75, 3.05) is 7.11 Å². The second kappa shape index (κ2) is 5.36. The molecule has 4 aliphatic carbocycles. The van der Waals surface area contributed by atoms with E-state index in [1.165, 1.54) is 38.5 Å². The van der Waals surface area contributed by atoms with E-state index in [0.29, 0.717) is 11.2 Å². The highest BCUT2D eigenvalue weighted by Crippen LogP contribution is 2.61. The Morgan fingerprint density at radius 3 is 1.96 bits per heavy atom. The van der Waals surface area contributed by atoms with Crippen molar-refractivity contribution >= 4 is 5.78 Å². The van der Waals surface area contributed by atoms with Crippen LogP contribution >= 0.6 is 0 Å². The van der Waals surface area contributed by atoms with Crippen LogP contribution in [-0.2, 0) is 0 Å². The van der Waals surface area contributed by atoms with E-state index >= 15 is 0 Å². The van der Waals surface area contributed by atoms with Crippen molar-refractivity contribution in [3.05, 3.63) is 28.8 Å². The standard InChI is InChI=1S/C21H28O2/c1-13-4-18(23-3)5-14(2)20(13)19(22)12-21-9-15-6-16(10-21)8-17(7-15)11-21/h4-5,15-17H,6-12H2,1-3H3. The molecule has 23 heavy (non-hydrogen) atoms. The molecule has 0 aliphatic heterocycles. The minimum Gasteiger partial charge on any atom is -0.497 e. The Labute approximate surface area is 139 Å². The Morgan fingerprint density at radius 2 is 1.52 bits per heavy atom. The fraction of sp³-hybridized carbons (Fsp3) is 0.667. The number of ketones is 1. The second-order valence-corrected chi connectivity index (χ2v) is 8.65. The Kier molecular flexibility index (Phi) is 3.55. The fourth-order valence-electron chi connectivity index (χ4n) is 6.42. The summed E-state index contributed by atoms with van der Waals surface area (Å²) in [4.78, 5) is 13.1. The first kappa shape index (κ1) is 15.2. The number of aryl methyl sites for hydroxylation is 2. The van der Waals surface area contributed by atoms with Crippen LogP contribution in [0.4, 0.5) is 0 Å². The van der Waals surface area contributed by atoms with Gasteiger partial charge in [-0.15, -0.1) is 0 Å². The van der Waals surface area contributed by atoms with Gasteiger partial charge in [-0.25, -0.2) is 0 Å². The summed E-state index contributed by atoms with van der Waals surface area (Å²) < 4.78 is 5.33. The molecule has 4 aliphatic rings. The van der Waals surface area contributed by atoms with Gasteiger partial charge in [-0.3, -0.25) is 4.79 Å². The highest BCUT2D eigenvalue weighted by Gasteiger charge is 2.51. The maximum absolute atomic E-state index is 13.1. The van der Waals surface area contributed by atoms with E-state index in [4.69, 9.17) is 4.74 Å². The maximum Gasteiger partial charge on any atom is 0.163 e. The van der Waals surface area contributed by atoms with Gasteiger partial charge in [0.25, 0.3) is 0 Å². The first-order valence-corrected chi connectivity index (χ1v) is 9.16. The lowest BCUT2D eigenvalue weighted by Crippen LogP contribution is -2.46. The van der Waals surface area contributed by atoms with Gasteiger partial charge in [0.2, 0.25) is 0 Å². The van der Waals surface area contributed by atoms with Gasteiger partial charge in [-0.05, 0) is 98.8 Å². The number of ether oxygens (including phenoxy) is 1. The molecule has 0 spiro atoms. The second-order valence-electron chi connectivity index (χ2n) is 8.65. The molecule has 4 bridgehead atoms. The molecular formula is C21H28O2. The molecule has 0 atom stereocenters. The largest absolute Gasteiger partial charge is 0.497 e. The van der Waals surface area contributed by atoms with Crippen LogP contribution in [0.15, 0.2) is 12.1 Å². The van der Waals surface area contributed by atoms with E-state index in [2.05, 4.69) is 0 Å². The maximum atomic E-state index is 13.1. The van der Waals surface area contributed by atoms with E-state index in [9.17, 15) is 4.79 Å². The Bertz CT molecular complexity index is 585. The molecule has 124 valence electrons. The fourth-order valence-corrected chi connectivity index (χ4v) is 6.42. The van der Waals surface area contributed by atoms with Crippen LogP contribution < -0.4 is 4.74 Å². The lowest BCUT2D eigenvalue weighted by Gasteiger charge is -2.56. The zero-order valence-electron chi connectivity index (χ0n) is 14.7. The van der Waals surface area contributed by atoms with Crippen molar-refractivity contribution in [2.24, 2.45) is 23.2 Å². The summed E-state index contributed by atoms with van der Waals surface area (Å²) in [5.74, 6) is 3.95. The van der Waals surface area contributed by atoms with Crippen molar-refractivity contribution in [2.45, 2.75) is 58.8 Å². The number of methoxy groups -OCH3 is 1. The van der Waals surface area contributed by atoms with E-state index < -0.39 is 0 Å². The molecule has 5 rings (SSSR count). The molecule has 0 N–H and O–H groups in total. The molecular weight excluding hydrogens is 284 g/mol. The Hall–Kier alpha value is -1.31. The average molecular weight is 312 g/mol. The van der Waals surface area contributed by atoms with E-state index in [1.807, 2.05) is 26.0 Å². The van der Waals surface area contributed by atoms with Crippen LogP contribution in [-0.4, -0.2) is 12.9 Å². The number of Topliss-reactive ketones (excluding diaryl/α,β-unsaturated/α-hetero) is 1. The molecule has 0 saturated heterocycles. The number of hydrogen-bond acceptors (Lipinski definition) is 2.